The van der Waals surface area contributed by atoms with Crippen LogP contribution in [0.2, 0.25) is 0 Å². The topological polar surface area (TPSA) is 53.4 Å². The van der Waals surface area contributed by atoms with Crippen molar-refractivity contribution < 1.29 is 9.90 Å². The molecule has 1 fully saturated rings. The predicted molar refractivity (Wildman–Crippen MR) is 71.2 cm³/mol. The van der Waals surface area contributed by atoms with Gasteiger partial charge in [0.05, 0.1) is 5.56 Å². The number of carbonyl (C=O) groups is 1. The summed E-state index contributed by atoms with van der Waals surface area (Å²) in [5, 5.41) is 9.08. The number of piperidine rings is 1. The maximum atomic E-state index is 11.1. The Morgan fingerprint density at radius 3 is 3.00 bits per heavy atom. The summed E-state index contributed by atoms with van der Waals surface area (Å²) < 4.78 is 0. The first-order valence-corrected chi connectivity index (χ1v) is 6.57. The van der Waals surface area contributed by atoms with Crippen LogP contribution in [0.15, 0.2) is 12.1 Å². The molecule has 2 rings (SSSR count). The summed E-state index contributed by atoms with van der Waals surface area (Å²) in [5.74, 6) is 0.630. The summed E-state index contributed by atoms with van der Waals surface area (Å²) in [5.41, 5.74) is 1.10. The molecule has 0 spiro atoms. The molecule has 0 radical (unpaired) electrons. The summed E-state index contributed by atoms with van der Waals surface area (Å²) in [4.78, 5) is 17.8. The van der Waals surface area contributed by atoms with Crippen LogP contribution in [0.25, 0.3) is 0 Å². The third-order valence-corrected chi connectivity index (χ3v) is 3.61. The zero-order valence-corrected chi connectivity index (χ0v) is 11.0. The third kappa shape index (κ3) is 2.81. The number of aromatic carboxylic acids is 1. The molecular weight excluding hydrogens is 228 g/mol. The quantitative estimate of drug-likeness (QED) is 0.893. The molecule has 0 aliphatic carbocycles. The largest absolute Gasteiger partial charge is 0.478 e. The molecule has 0 amide bonds. The Kier molecular flexibility index (Phi) is 3.84. The van der Waals surface area contributed by atoms with Crippen LogP contribution in [0.4, 0.5) is 5.82 Å². The number of aryl methyl sites for hydroxylation is 1. The molecule has 18 heavy (non-hydrogen) atoms. The number of rotatable bonds is 3. The second kappa shape index (κ2) is 5.38. The second-order valence-electron chi connectivity index (χ2n) is 5.02. The molecule has 1 unspecified atom stereocenters. The van der Waals surface area contributed by atoms with Gasteiger partial charge in [-0.1, -0.05) is 13.3 Å². The first kappa shape index (κ1) is 12.9. The van der Waals surface area contributed by atoms with E-state index in [1.54, 1.807) is 12.1 Å². The van der Waals surface area contributed by atoms with Crippen LogP contribution in [-0.2, 0) is 0 Å². The number of pyridine rings is 1. The maximum Gasteiger partial charge on any atom is 0.335 e. The predicted octanol–water partition coefficient (Wildman–Crippen LogP) is 2.71. The van der Waals surface area contributed by atoms with E-state index >= 15 is 0 Å². The molecule has 1 N–H and O–H groups in total. The lowest BCUT2D eigenvalue weighted by Crippen LogP contribution is -2.35. The van der Waals surface area contributed by atoms with E-state index in [2.05, 4.69) is 16.8 Å². The van der Waals surface area contributed by atoms with Crippen LogP contribution in [0.1, 0.15) is 42.2 Å². The lowest BCUT2D eigenvalue weighted by molar-refractivity contribution is 0.0696. The minimum atomic E-state index is -0.884. The number of hydrogen-bond acceptors (Lipinski definition) is 3. The lowest BCUT2D eigenvalue weighted by atomic mass is 9.95. The van der Waals surface area contributed by atoms with Gasteiger partial charge in [0.2, 0.25) is 0 Å². The van der Waals surface area contributed by atoms with Crippen molar-refractivity contribution in [3.05, 3.63) is 23.4 Å². The van der Waals surface area contributed by atoms with Gasteiger partial charge in [-0.3, -0.25) is 0 Å². The fourth-order valence-corrected chi connectivity index (χ4v) is 2.54. The minimum absolute atomic E-state index is 0.330. The second-order valence-corrected chi connectivity index (χ2v) is 5.02. The molecule has 2 heterocycles. The summed E-state index contributed by atoms with van der Waals surface area (Å²) in [6, 6.07) is 3.31. The highest BCUT2D eigenvalue weighted by Crippen LogP contribution is 2.24. The van der Waals surface area contributed by atoms with E-state index in [0.717, 1.165) is 31.0 Å². The Bertz CT molecular complexity index is 445. The Balaban J connectivity index is 2.24. The van der Waals surface area contributed by atoms with Crippen molar-refractivity contribution in [3.8, 4) is 0 Å². The van der Waals surface area contributed by atoms with Gasteiger partial charge in [-0.15, -0.1) is 0 Å². The molecule has 4 heteroatoms. The van der Waals surface area contributed by atoms with Gasteiger partial charge in [-0.05, 0) is 37.8 Å². The van der Waals surface area contributed by atoms with Gasteiger partial charge in [-0.2, -0.15) is 0 Å². The van der Waals surface area contributed by atoms with Crippen molar-refractivity contribution in [2.24, 2.45) is 5.92 Å². The van der Waals surface area contributed by atoms with Crippen molar-refractivity contribution >= 4 is 11.8 Å². The number of hydrogen-bond donors (Lipinski definition) is 1. The van der Waals surface area contributed by atoms with Crippen molar-refractivity contribution in [1.29, 1.82) is 0 Å². The number of carboxylic acids is 1. The first-order valence-electron chi connectivity index (χ1n) is 6.57. The Morgan fingerprint density at radius 2 is 2.33 bits per heavy atom. The van der Waals surface area contributed by atoms with Crippen LogP contribution in [0.5, 0.6) is 0 Å². The van der Waals surface area contributed by atoms with Crippen LogP contribution >= 0.6 is 0 Å². The standard InChI is InChI=1S/C14H20N2O2/c1-3-11-5-4-6-16(9-11)13-8-12(14(17)18)7-10(2)15-13/h7-8,11H,3-6,9H2,1-2H3,(H,17,18). The molecule has 1 aliphatic heterocycles. The van der Waals surface area contributed by atoms with E-state index in [1.807, 2.05) is 6.92 Å². The van der Waals surface area contributed by atoms with Crippen LogP contribution in [-0.4, -0.2) is 29.1 Å². The molecule has 1 aliphatic rings. The monoisotopic (exact) mass is 248 g/mol. The Hall–Kier alpha value is -1.58. The van der Waals surface area contributed by atoms with E-state index in [0.29, 0.717) is 11.5 Å². The van der Waals surface area contributed by atoms with E-state index in [4.69, 9.17) is 5.11 Å². The first-order chi connectivity index (χ1) is 8.60. The fraction of sp³-hybridized carbons (Fsp3) is 0.571. The maximum absolute atomic E-state index is 11.1. The van der Waals surface area contributed by atoms with Crippen LogP contribution in [0.3, 0.4) is 0 Å². The molecule has 1 saturated heterocycles. The molecule has 98 valence electrons. The summed E-state index contributed by atoms with van der Waals surface area (Å²) >= 11 is 0. The molecule has 0 aromatic carbocycles. The fourth-order valence-electron chi connectivity index (χ4n) is 2.54. The van der Waals surface area contributed by atoms with Gasteiger partial charge in [0, 0.05) is 18.8 Å². The van der Waals surface area contributed by atoms with E-state index in [1.165, 1.54) is 12.8 Å². The molecular formula is C14H20N2O2. The van der Waals surface area contributed by atoms with Crippen molar-refractivity contribution in [2.75, 3.05) is 18.0 Å². The average molecular weight is 248 g/mol. The smallest absolute Gasteiger partial charge is 0.335 e. The highest BCUT2D eigenvalue weighted by Gasteiger charge is 2.20. The minimum Gasteiger partial charge on any atom is -0.478 e. The third-order valence-electron chi connectivity index (χ3n) is 3.61. The van der Waals surface area contributed by atoms with Gasteiger partial charge in [0.1, 0.15) is 5.82 Å². The number of aromatic nitrogens is 1. The molecule has 4 nitrogen and oxygen atoms in total. The normalized spacial score (nSPS) is 19.9. The number of carboxylic acid groups (broad SMARTS) is 1. The van der Waals surface area contributed by atoms with Gasteiger partial charge in [0.25, 0.3) is 0 Å². The van der Waals surface area contributed by atoms with Gasteiger partial charge < -0.3 is 10.0 Å². The highest BCUT2D eigenvalue weighted by atomic mass is 16.4. The van der Waals surface area contributed by atoms with Crippen molar-refractivity contribution in [1.82, 2.24) is 4.98 Å². The van der Waals surface area contributed by atoms with E-state index in [-0.39, 0.29) is 0 Å². The summed E-state index contributed by atoms with van der Waals surface area (Å²) in [7, 11) is 0. The summed E-state index contributed by atoms with van der Waals surface area (Å²) in [6.45, 7) is 6.02. The number of nitrogens with zero attached hydrogens (tertiary/aromatic N) is 2. The average Bonchev–Trinajstić information content (AvgIpc) is 2.38. The molecule has 0 saturated carbocycles. The molecule has 0 bridgehead atoms. The number of anilines is 1. The SMILES string of the molecule is CCC1CCCN(c2cc(C(=O)O)cc(C)n2)C1. The van der Waals surface area contributed by atoms with Crippen molar-refractivity contribution in [3.63, 3.8) is 0 Å². The molecule has 1 atom stereocenters. The van der Waals surface area contributed by atoms with E-state index < -0.39 is 5.97 Å². The zero-order valence-electron chi connectivity index (χ0n) is 11.0. The van der Waals surface area contributed by atoms with Gasteiger partial charge >= 0.3 is 5.97 Å². The summed E-state index contributed by atoms with van der Waals surface area (Å²) in [6.07, 6.45) is 3.61. The highest BCUT2D eigenvalue weighted by molar-refractivity contribution is 5.88. The lowest BCUT2D eigenvalue weighted by Gasteiger charge is -2.33. The Morgan fingerprint density at radius 1 is 1.56 bits per heavy atom. The van der Waals surface area contributed by atoms with E-state index in [9.17, 15) is 4.79 Å². The van der Waals surface area contributed by atoms with Crippen LogP contribution < -0.4 is 4.90 Å². The Labute approximate surface area is 108 Å². The van der Waals surface area contributed by atoms with Gasteiger partial charge in [0.15, 0.2) is 0 Å². The van der Waals surface area contributed by atoms with Crippen LogP contribution in [0, 0.1) is 12.8 Å². The van der Waals surface area contributed by atoms with Crippen molar-refractivity contribution in [2.45, 2.75) is 33.1 Å². The molecule has 1 aromatic rings. The van der Waals surface area contributed by atoms with Gasteiger partial charge in [-0.25, -0.2) is 9.78 Å². The molecule has 1 aromatic heterocycles. The zero-order chi connectivity index (χ0) is 13.1.